The Labute approximate surface area is 146 Å². The van der Waals surface area contributed by atoms with E-state index in [-0.39, 0.29) is 25.2 Å². The summed E-state index contributed by atoms with van der Waals surface area (Å²) in [6.07, 6.45) is -0.579. The van der Waals surface area contributed by atoms with Crippen LogP contribution in [0.3, 0.4) is 0 Å². The molecule has 6 nitrogen and oxygen atoms in total. The van der Waals surface area contributed by atoms with Gasteiger partial charge in [-0.25, -0.2) is 4.79 Å². The zero-order valence-corrected chi connectivity index (χ0v) is 14.1. The van der Waals surface area contributed by atoms with Crippen LogP contribution in [0.4, 0.5) is 10.5 Å². The topological polar surface area (TPSA) is 82.8 Å². The summed E-state index contributed by atoms with van der Waals surface area (Å²) in [7, 11) is 0. The number of carbonyl (C=O) groups is 1. The molecule has 0 spiro atoms. The predicted molar refractivity (Wildman–Crippen MR) is 93.4 cm³/mol. The minimum atomic E-state index is -0.497. The summed E-state index contributed by atoms with van der Waals surface area (Å²) in [5, 5.41) is 2.87. The van der Waals surface area contributed by atoms with E-state index in [2.05, 4.69) is 5.32 Å². The summed E-state index contributed by atoms with van der Waals surface area (Å²) >= 11 is 0. The van der Waals surface area contributed by atoms with E-state index in [0.29, 0.717) is 12.1 Å². The van der Waals surface area contributed by atoms with Gasteiger partial charge in [0.2, 0.25) is 0 Å². The molecular weight excluding hydrogens is 320 g/mol. The van der Waals surface area contributed by atoms with Gasteiger partial charge in [-0.1, -0.05) is 42.5 Å². The van der Waals surface area contributed by atoms with Gasteiger partial charge in [0.1, 0.15) is 6.61 Å². The van der Waals surface area contributed by atoms with Gasteiger partial charge in [-0.2, -0.15) is 0 Å². The van der Waals surface area contributed by atoms with Crippen molar-refractivity contribution < 1.29 is 19.0 Å². The third kappa shape index (κ3) is 4.95. The Balaban J connectivity index is 1.61. The first-order valence-corrected chi connectivity index (χ1v) is 8.24. The molecule has 1 saturated heterocycles. The lowest BCUT2D eigenvalue weighted by Crippen LogP contribution is -2.42. The molecule has 1 fully saturated rings. The first-order chi connectivity index (χ1) is 12.1. The molecule has 3 N–H and O–H groups in total. The number of ether oxygens (including phenoxy) is 3. The van der Waals surface area contributed by atoms with Crippen LogP contribution in [0.25, 0.3) is 0 Å². The van der Waals surface area contributed by atoms with Gasteiger partial charge in [-0.15, -0.1) is 0 Å². The number of benzene rings is 2. The maximum absolute atomic E-state index is 12.2. The average Bonchev–Trinajstić information content (AvgIpc) is 2.59. The summed E-state index contributed by atoms with van der Waals surface area (Å²) in [5.41, 5.74) is 8.29. The molecule has 0 saturated carbocycles. The molecule has 3 rings (SSSR count). The molecule has 1 atom stereocenters. The van der Waals surface area contributed by atoms with Crippen molar-refractivity contribution in [2.24, 2.45) is 0 Å². The Hall–Kier alpha value is -2.57. The average molecular weight is 342 g/mol. The first-order valence-electron chi connectivity index (χ1n) is 8.24. The van der Waals surface area contributed by atoms with Crippen molar-refractivity contribution in [2.45, 2.75) is 38.6 Å². The predicted octanol–water partition coefficient (Wildman–Crippen LogP) is 3.35. The Kier molecular flexibility index (Phi) is 5.53. The van der Waals surface area contributed by atoms with Crippen molar-refractivity contribution in [2.75, 3.05) is 5.73 Å². The summed E-state index contributed by atoms with van der Waals surface area (Å²) in [5.74, 6) is 0. The summed E-state index contributed by atoms with van der Waals surface area (Å²) in [6.45, 7) is 2.04. The zero-order chi connectivity index (χ0) is 17.6. The molecule has 6 heteroatoms. The fraction of sp³-hybridized carbons (Fsp3) is 0.316. The second-order valence-electron chi connectivity index (χ2n) is 5.93. The van der Waals surface area contributed by atoms with E-state index in [0.717, 1.165) is 11.1 Å². The number of hydrogen-bond donors (Lipinski definition) is 2. The first kappa shape index (κ1) is 17.3. The van der Waals surface area contributed by atoms with Gasteiger partial charge in [-0.3, -0.25) is 0 Å². The van der Waals surface area contributed by atoms with Crippen molar-refractivity contribution in [3.63, 3.8) is 0 Å². The van der Waals surface area contributed by atoms with Crippen LogP contribution in [-0.4, -0.2) is 18.7 Å². The van der Waals surface area contributed by atoms with Crippen LogP contribution in [0.5, 0.6) is 0 Å². The smallest absolute Gasteiger partial charge is 0.407 e. The monoisotopic (exact) mass is 342 g/mol. The number of hydrogen-bond acceptors (Lipinski definition) is 5. The molecule has 1 amide bonds. The molecule has 2 aromatic rings. The highest BCUT2D eigenvalue weighted by Gasteiger charge is 2.31. The Morgan fingerprint density at radius 3 is 2.64 bits per heavy atom. The van der Waals surface area contributed by atoms with Crippen molar-refractivity contribution >= 4 is 11.8 Å². The zero-order valence-electron chi connectivity index (χ0n) is 14.1. The summed E-state index contributed by atoms with van der Waals surface area (Å²) in [4.78, 5) is 12.2. The molecule has 0 radical (unpaired) electrons. The molecule has 132 valence electrons. The summed E-state index contributed by atoms with van der Waals surface area (Å²) < 4.78 is 16.3. The molecule has 0 bridgehead atoms. The lowest BCUT2D eigenvalue weighted by Gasteiger charge is -2.36. The van der Waals surface area contributed by atoms with Gasteiger partial charge in [0.15, 0.2) is 12.6 Å². The quantitative estimate of drug-likeness (QED) is 0.787. The maximum Gasteiger partial charge on any atom is 0.407 e. The molecule has 2 aromatic carbocycles. The Morgan fingerprint density at radius 1 is 1.20 bits per heavy atom. The fourth-order valence-corrected chi connectivity index (χ4v) is 2.70. The number of rotatable bonds is 6. The van der Waals surface area contributed by atoms with Crippen LogP contribution in [0.2, 0.25) is 0 Å². The number of carbonyl (C=O) groups excluding carboxylic acids is 1. The van der Waals surface area contributed by atoms with E-state index >= 15 is 0 Å². The van der Waals surface area contributed by atoms with Gasteiger partial charge in [0, 0.05) is 12.1 Å². The molecule has 1 aliphatic heterocycles. The van der Waals surface area contributed by atoms with Crippen molar-refractivity contribution in [1.82, 2.24) is 5.32 Å². The standard InChI is InChI=1S/C19H22N2O4/c1-13-24-18(25-13)11-17(15-8-5-9-16(20)10-15)21-19(22)23-12-14-6-3-2-4-7-14/h2-10,13,17-18H,11-12,20H2,1H3,(H,21,22)/t13?,17-,18?/m1/s1. The van der Waals surface area contributed by atoms with E-state index in [1.807, 2.05) is 55.5 Å². The van der Waals surface area contributed by atoms with Crippen molar-refractivity contribution in [3.05, 3.63) is 65.7 Å². The van der Waals surface area contributed by atoms with Crippen LogP contribution in [-0.2, 0) is 20.8 Å². The molecule has 0 aromatic heterocycles. The van der Waals surface area contributed by atoms with E-state index in [1.165, 1.54) is 0 Å². The molecule has 25 heavy (non-hydrogen) atoms. The van der Waals surface area contributed by atoms with E-state index in [4.69, 9.17) is 19.9 Å². The second-order valence-corrected chi connectivity index (χ2v) is 5.93. The van der Waals surface area contributed by atoms with Gasteiger partial charge in [0.05, 0.1) is 6.04 Å². The molecule has 0 unspecified atom stereocenters. The minimum Gasteiger partial charge on any atom is -0.445 e. The normalized spacial score (nSPS) is 20.4. The van der Waals surface area contributed by atoms with Gasteiger partial charge in [0.25, 0.3) is 0 Å². The van der Waals surface area contributed by atoms with Gasteiger partial charge < -0.3 is 25.3 Å². The number of alkyl carbamates (subject to hydrolysis) is 1. The van der Waals surface area contributed by atoms with Gasteiger partial charge >= 0.3 is 6.09 Å². The highest BCUT2D eigenvalue weighted by molar-refractivity contribution is 5.68. The SMILES string of the molecule is CC1OC(C[C@@H](NC(=O)OCc2ccccc2)c2cccc(N)c2)O1. The van der Waals surface area contributed by atoms with Crippen LogP contribution in [0.1, 0.15) is 30.5 Å². The summed E-state index contributed by atoms with van der Waals surface area (Å²) in [6, 6.07) is 16.6. The number of nitrogens with one attached hydrogen (secondary N) is 1. The Bertz CT molecular complexity index is 702. The second kappa shape index (κ2) is 8.00. The van der Waals surface area contributed by atoms with E-state index in [1.54, 1.807) is 6.07 Å². The van der Waals surface area contributed by atoms with Crippen LogP contribution >= 0.6 is 0 Å². The Morgan fingerprint density at radius 2 is 1.96 bits per heavy atom. The lowest BCUT2D eigenvalue weighted by molar-refractivity contribution is -0.378. The van der Waals surface area contributed by atoms with Gasteiger partial charge in [-0.05, 0) is 30.2 Å². The van der Waals surface area contributed by atoms with Crippen molar-refractivity contribution in [1.29, 1.82) is 0 Å². The minimum absolute atomic E-state index is 0.212. The molecular formula is C19H22N2O4. The number of anilines is 1. The van der Waals surface area contributed by atoms with Crippen molar-refractivity contribution in [3.8, 4) is 0 Å². The van der Waals surface area contributed by atoms with Crippen LogP contribution in [0.15, 0.2) is 54.6 Å². The van der Waals surface area contributed by atoms with E-state index in [9.17, 15) is 4.79 Å². The lowest BCUT2D eigenvalue weighted by atomic mass is 10.0. The fourth-order valence-electron chi connectivity index (χ4n) is 2.70. The molecule has 1 aliphatic rings. The molecule has 0 aliphatic carbocycles. The third-order valence-corrected chi connectivity index (χ3v) is 3.93. The highest BCUT2D eigenvalue weighted by atomic mass is 16.9. The van der Waals surface area contributed by atoms with Crippen LogP contribution in [0, 0.1) is 0 Å². The largest absolute Gasteiger partial charge is 0.445 e. The number of nitrogen functional groups attached to an aromatic ring is 1. The molecule has 1 heterocycles. The van der Waals surface area contributed by atoms with Crippen LogP contribution < -0.4 is 11.1 Å². The maximum atomic E-state index is 12.2. The number of amides is 1. The number of nitrogens with two attached hydrogens (primary N) is 1. The van der Waals surface area contributed by atoms with E-state index < -0.39 is 6.09 Å². The third-order valence-electron chi connectivity index (χ3n) is 3.93. The highest BCUT2D eigenvalue weighted by Crippen LogP contribution is 2.28.